The minimum Gasteiger partial charge on any atom is -0.329 e. The lowest BCUT2D eigenvalue weighted by Gasteiger charge is -2.16. The van der Waals surface area contributed by atoms with E-state index in [-0.39, 0.29) is 6.04 Å². The van der Waals surface area contributed by atoms with E-state index in [4.69, 9.17) is 11.0 Å². The number of benzene rings is 1. The third kappa shape index (κ3) is 3.46. The fourth-order valence-electron chi connectivity index (χ4n) is 2.28. The monoisotopic (exact) mass is 268 g/mol. The van der Waals surface area contributed by atoms with Crippen LogP contribution in [0.5, 0.6) is 0 Å². The molecular weight excluding hydrogens is 248 g/mol. The Labute approximate surface area is 119 Å². The lowest BCUT2D eigenvalue weighted by molar-refractivity contribution is 0.488. The molecule has 4 nitrogen and oxygen atoms in total. The molecule has 2 rings (SSSR count). The molecule has 2 aromatic rings. The highest BCUT2D eigenvalue weighted by Crippen LogP contribution is 2.19. The summed E-state index contributed by atoms with van der Waals surface area (Å²) in [6, 6.07) is 9.74. The number of hydrogen-bond donors (Lipinski definition) is 1. The van der Waals surface area contributed by atoms with Gasteiger partial charge in [0.25, 0.3) is 0 Å². The van der Waals surface area contributed by atoms with Crippen molar-refractivity contribution >= 4 is 0 Å². The van der Waals surface area contributed by atoms with Gasteiger partial charge in [-0.25, -0.2) is 4.98 Å². The average molecular weight is 268 g/mol. The number of nitrogens with zero attached hydrogens (tertiary/aromatic N) is 3. The van der Waals surface area contributed by atoms with Crippen LogP contribution >= 0.6 is 0 Å². The lowest BCUT2D eigenvalue weighted by Crippen LogP contribution is -2.17. The Bertz CT molecular complexity index is 590. The Morgan fingerprint density at radius 1 is 1.30 bits per heavy atom. The van der Waals surface area contributed by atoms with Crippen LogP contribution in [0.2, 0.25) is 0 Å². The number of nitrogens with two attached hydrogens (primary N) is 1. The zero-order valence-corrected chi connectivity index (χ0v) is 12.0. The second-order valence-corrected chi connectivity index (χ2v) is 5.49. The molecule has 0 aliphatic rings. The van der Waals surface area contributed by atoms with Crippen molar-refractivity contribution in [3.8, 4) is 6.07 Å². The number of hydrogen-bond acceptors (Lipinski definition) is 3. The summed E-state index contributed by atoms with van der Waals surface area (Å²) in [5.74, 6) is 0.559. The van der Waals surface area contributed by atoms with E-state index in [1.54, 1.807) is 0 Å². The first kappa shape index (κ1) is 14.3. The van der Waals surface area contributed by atoms with E-state index in [2.05, 4.69) is 29.5 Å². The molecule has 0 saturated heterocycles. The molecule has 0 amide bonds. The topological polar surface area (TPSA) is 67.6 Å². The first-order chi connectivity index (χ1) is 9.60. The fourth-order valence-corrected chi connectivity index (χ4v) is 2.28. The van der Waals surface area contributed by atoms with E-state index in [0.29, 0.717) is 11.5 Å². The summed E-state index contributed by atoms with van der Waals surface area (Å²) in [7, 11) is 0. The molecule has 0 aliphatic heterocycles. The third-order valence-electron chi connectivity index (χ3n) is 3.29. The summed E-state index contributed by atoms with van der Waals surface area (Å²) in [5.41, 5.74) is 9.11. The van der Waals surface area contributed by atoms with Crippen molar-refractivity contribution in [1.29, 1.82) is 5.26 Å². The van der Waals surface area contributed by atoms with Crippen LogP contribution in [0, 0.1) is 17.2 Å². The number of nitriles is 1. The normalized spacial score (nSPS) is 12.3. The molecule has 1 unspecified atom stereocenters. The van der Waals surface area contributed by atoms with Crippen molar-refractivity contribution in [3.05, 3.63) is 53.6 Å². The van der Waals surface area contributed by atoms with Gasteiger partial charge >= 0.3 is 0 Å². The van der Waals surface area contributed by atoms with E-state index >= 15 is 0 Å². The second kappa shape index (κ2) is 6.36. The molecule has 1 aromatic heterocycles. The lowest BCUT2D eigenvalue weighted by atomic mass is 10.0. The molecule has 0 radical (unpaired) electrons. The van der Waals surface area contributed by atoms with Crippen molar-refractivity contribution in [3.63, 3.8) is 0 Å². The molecule has 104 valence electrons. The van der Waals surface area contributed by atoms with E-state index in [9.17, 15) is 0 Å². The first-order valence-electron chi connectivity index (χ1n) is 6.84. The van der Waals surface area contributed by atoms with E-state index in [1.165, 1.54) is 0 Å². The zero-order valence-electron chi connectivity index (χ0n) is 12.0. The van der Waals surface area contributed by atoms with Gasteiger partial charge in [0.1, 0.15) is 0 Å². The average Bonchev–Trinajstić information content (AvgIpc) is 2.87. The third-order valence-corrected chi connectivity index (χ3v) is 3.29. The minimum atomic E-state index is 0.0101. The number of aromatic nitrogens is 2. The number of imidazole rings is 1. The summed E-state index contributed by atoms with van der Waals surface area (Å²) < 4.78 is 2.08. The molecule has 4 heteroatoms. The van der Waals surface area contributed by atoms with Gasteiger partial charge < -0.3 is 10.3 Å². The van der Waals surface area contributed by atoms with E-state index < -0.39 is 0 Å². The SMILES string of the molecule is CC(C)CC(N)c1cncn1Cc1ccc(C#N)cc1. The van der Waals surface area contributed by atoms with Gasteiger partial charge in [-0.2, -0.15) is 5.26 Å². The first-order valence-corrected chi connectivity index (χ1v) is 6.84. The maximum absolute atomic E-state index is 8.80. The summed E-state index contributed by atoms with van der Waals surface area (Å²) in [6.07, 6.45) is 4.60. The molecule has 1 aromatic carbocycles. The molecule has 1 atom stereocenters. The summed E-state index contributed by atoms with van der Waals surface area (Å²) >= 11 is 0. The molecule has 0 aliphatic carbocycles. The highest BCUT2D eigenvalue weighted by atomic mass is 15.1. The van der Waals surface area contributed by atoms with Gasteiger partial charge in [-0.3, -0.25) is 0 Å². The van der Waals surface area contributed by atoms with Crippen LogP contribution in [-0.2, 0) is 6.54 Å². The molecule has 0 saturated carbocycles. The molecule has 0 bridgehead atoms. The predicted molar refractivity (Wildman–Crippen MR) is 78.9 cm³/mol. The highest BCUT2D eigenvalue weighted by Gasteiger charge is 2.13. The second-order valence-electron chi connectivity index (χ2n) is 5.49. The fraction of sp³-hybridized carbons (Fsp3) is 0.375. The number of rotatable bonds is 5. The Morgan fingerprint density at radius 2 is 2.00 bits per heavy atom. The van der Waals surface area contributed by atoms with E-state index in [1.807, 2.05) is 36.8 Å². The Kier molecular flexibility index (Phi) is 4.54. The molecule has 1 heterocycles. The molecule has 0 spiro atoms. The Hall–Kier alpha value is -2.12. The Balaban J connectivity index is 2.13. The van der Waals surface area contributed by atoms with Crippen LogP contribution in [0.4, 0.5) is 0 Å². The molecule has 20 heavy (non-hydrogen) atoms. The van der Waals surface area contributed by atoms with Crippen LogP contribution in [-0.4, -0.2) is 9.55 Å². The van der Waals surface area contributed by atoms with Gasteiger partial charge in [-0.15, -0.1) is 0 Å². The van der Waals surface area contributed by atoms with Gasteiger partial charge in [0.15, 0.2) is 0 Å². The minimum absolute atomic E-state index is 0.0101. The smallest absolute Gasteiger partial charge is 0.0991 e. The summed E-state index contributed by atoms with van der Waals surface area (Å²) in [6.45, 7) is 5.06. The van der Waals surface area contributed by atoms with Gasteiger partial charge in [-0.1, -0.05) is 26.0 Å². The summed E-state index contributed by atoms with van der Waals surface area (Å²) in [4.78, 5) is 4.21. The van der Waals surface area contributed by atoms with Crippen molar-refractivity contribution in [2.24, 2.45) is 11.7 Å². The van der Waals surface area contributed by atoms with Crippen molar-refractivity contribution in [2.75, 3.05) is 0 Å². The van der Waals surface area contributed by atoms with Gasteiger partial charge in [0, 0.05) is 18.8 Å². The molecular formula is C16H20N4. The van der Waals surface area contributed by atoms with Crippen LogP contribution in [0.25, 0.3) is 0 Å². The maximum atomic E-state index is 8.80. The molecule has 0 fully saturated rings. The predicted octanol–water partition coefficient (Wildman–Crippen LogP) is 2.85. The van der Waals surface area contributed by atoms with Gasteiger partial charge in [-0.05, 0) is 30.0 Å². The Morgan fingerprint density at radius 3 is 2.60 bits per heavy atom. The van der Waals surface area contributed by atoms with Gasteiger partial charge in [0.05, 0.1) is 23.7 Å². The van der Waals surface area contributed by atoms with Crippen molar-refractivity contribution in [2.45, 2.75) is 32.9 Å². The van der Waals surface area contributed by atoms with Gasteiger partial charge in [0.2, 0.25) is 0 Å². The highest BCUT2D eigenvalue weighted by molar-refractivity contribution is 5.31. The maximum Gasteiger partial charge on any atom is 0.0991 e. The zero-order chi connectivity index (χ0) is 14.5. The van der Waals surface area contributed by atoms with Crippen LogP contribution in [0.1, 0.15) is 43.1 Å². The van der Waals surface area contributed by atoms with Crippen molar-refractivity contribution < 1.29 is 0 Å². The van der Waals surface area contributed by atoms with Crippen LogP contribution in [0.15, 0.2) is 36.8 Å². The van der Waals surface area contributed by atoms with E-state index in [0.717, 1.165) is 24.2 Å². The van der Waals surface area contributed by atoms with Crippen molar-refractivity contribution in [1.82, 2.24) is 9.55 Å². The standard InChI is InChI=1S/C16H20N4/c1-12(2)7-15(18)16-9-19-11-20(16)10-14-5-3-13(8-17)4-6-14/h3-6,9,11-12,15H,7,10,18H2,1-2H3. The van der Waals surface area contributed by atoms with Crippen LogP contribution < -0.4 is 5.73 Å². The quantitative estimate of drug-likeness (QED) is 0.906. The molecule has 2 N–H and O–H groups in total. The largest absolute Gasteiger partial charge is 0.329 e. The summed E-state index contributed by atoms with van der Waals surface area (Å²) in [5, 5.41) is 8.80. The van der Waals surface area contributed by atoms with Crippen LogP contribution in [0.3, 0.4) is 0 Å².